The lowest BCUT2D eigenvalue weighted by Gasteiger charge is -2.33. The first kappa shape index (κ1) is 20.5. The Morgan fingerprint density at radius 2 is 1.58 bits per heavy atom. The number of anilines is 2. The van der Waals surface area contributed by atoms with Crippen LogP contribution in [-0.4, -0.2) is 42.2 Å². The zero-order chi connectivity index (χ0) is 22.4. The van der Waals surface area contributed by atoms with E-state index in [1.165, 1.54) is 17.3 Å². The lowest BCUT2D eigenvalue weighted by molar-refractivity contribution is -0.123. The molecule has 3 heterocycles. The van der Waals surface area contributed by atoms with Crippen molar-refractivity contribution in [1.82, 2.24) is 4.90 Å². The van der Waals surface area contributed by atoms with E-state index in [0.717, 1.165) is 36.4 Å². The number of rotatable bonds is 4. The van der Waals surface area contributed by atoms with Crippen LogP contribution in [0.1, 0.15) is 23.5 Å². The Morgan fingerprint density at radius 3 is 2.36 bits per heavy atom. The Kier molecular flexibility index (Phi) is 5.00. The molecule has 3 aliphatic rings. The highest BCUT2D eigenvalue weighted by Gasteiger charge is 2.61. The van der Waals surface area contributed by atoms with E-state index in [1.54, 1.807) is 4.90 Å². The molecule has 33 heavy (non-hydrogen) atoms. The zero-order valence-corrected chi connectivity index (χ0v) is 19.1. The van der Waals surface area contributed by atoms with Gasteiger partial charge in [0.25, 0.3) is 5.91 Å². The second-order valence-corrected chi connectivity index (χ2v) is 10.0. The van der Waals surface area contributed by atoms with Gasteiger partial charge in [0, 0.05) is 24.3 Å². The summed E-state index contributed by atoms with van der Waals surface area (Å²) in [6.45, 7) is 2.42. The van der Waals surface area contributed by atoms with Crippen molar-refractivity contribution in [2.75, 3.05) is 35.3 Å². The minimum Gasteiger partial charge on any atom is -0.295 e. The number of amides is 2. The number of thioether (sulfide) groups is 1. The van der Waals surface area contributed by atoms with Gasteiger partial charge in [-0.1, -0.05) is 66.7 Å². The second-order valence-electron chi connectivity index (χ2n) is 8.86. The van der Waals surface area contributed by atoms with Gasteiger partial charge in [0.2, 0.25) is 10.8 Å². The molecule has 0 saturated carbocycles. The molecule has 0 N–H and O–H groups in total. The van der Waals surface area contributed by atoms with Gasteiger partial charge in [-0.25, -0.2) is 0 Å². The topological polar surface area (TPSA) is 43.9 Å². The summed E-state index contributed by atoms with van der Waals surface area (Å²) < 4.78 is 0. The molecular formula is C27H25N3O2S. The molecule has 166 valence electrons. The molecule has 1 spiro atoms. The molecule has 3 aliphatic heterocycles. The minimum absolute atomic E-state index is 0.0217. The molecule has 0 radical (unpaired) electrons. The highest BCUT2D eigenvalue weighted by molar-refractivity contribution is 8.02. The summed E-state index contributed by atoms with van der Waals surface area (Å²) in [6, 6.07) is 28.2. The van der Waals surface area contributed by atoms with Gasteiger partial charge in [-0.15, -0.1) is 11.8 Å². The van der Waals surface area contributed by atoms with Crippen molar-refractivity contribution >= 4 is 35.0 Å². The van der Waals surface area contributed by atoms with Crippen LogP contribution in [0.3, 0.4) is 0 Å². The van der Waals surface area contributed by atoms with Crippen LogP contribution in [0, 0.1) is 0 Å². The average molecular weight is 456 g/mol. The van der Waals surface area contributed by atoms with Crippen LogP contribution in [0.2, 0.25) is 0 Å². The van der Waals surface area contributed by atoms with Gasteiger partial charge in [0.1, 0.15) is 0 Å². The van der Waals surface area contributed by atoms with Crippen LogP contribution >= 0.6 is 11.8 Å². The number of carbonyl (C=O) groups is 2. The third kappa shape index (κ3) is 3.20. The van der Waals surface area contributed by atoms with E-state index >= 15 is 0 Å². The number of nitrogens with zero attached hydrogens (tertiary/aromatic N) is 3. The average Bonchev–Trinajstić information content (AvgIpc) is 3.53. The maximum atomic E-state index is 14.1. The maximum Gasteiger partial charge on any atom is 0.269 e. The summed E-state index contributed by atoms with van der Waals surface area (Å²) in [5.74, 6) is 0.729. The predicted molar refractivity (Wildman–Crippen MR) is 132 cm³/mol. The van der Waals surface area contributed by atoms with Crippen molar-refractivity contribution in [3.63, 3.8) is 0 Å². The van der Waals surface area contributed by atoms with E-state index in [0.29, 0.717) is 18.3 Å². The van der Waals surface area contributed by atoms with Gasteiger partial charge in [0.05, 0.1) is 18.1 Å². The Morgan fingerprint density at radius 1 is 0.879 bits per heavy atom. The highest BCUT2D eigenvalue weighted by Crippen LogP contribution is 2.55. The summed E-state index contributed by atoms with van der Waals surface area (Å²) in [7, 11) is 0. The second kappa shape index (κ2) is 8.04. The molecule has 2 fully saturated rings. The fourth-order valence-corrected chi connectivity index (χ4v) is 6.79. The van der Waals surface area contributed by atoms with Crippen LogP contribution < -0.4 is 9.80 Å². The zero-order valence-electron chi connectivity index (χ0n) is 18.3. The van der Waals surface area contributed by atoms with Crippen molar-refractivity contribution in [1.29, 1.82) is 0 Å². The standard InChI is InChI=1S/C27H25N3O2S/c31-25-18-33-27(30(25)22-11-5-2-6-12-22)23-13-7-8-14-24(23)29(26(27)32)19-28-16-15-21(17-28)20-9-3-1-4-10-20/h1-14,21H,15-19H2/t21-,27+/m1/s1. The maximum absolute atomic E-state index is 14.1. The fraction of sp³-hybridized carbons (Fsp3) is 0.259. The monoisotopic (exact) mass is 455 g/mol. The van der Waals surface area contributed by atoms with Crippen LogP contribution in [0.5, 0.6) is 0 Å². The first-order valence-electron chi connectivity index (χ1n) is 11.4. The van der Waals surface area contributed by atoms with Crippen molar-refractivity contribution in [2.24, 2.45) is 0 Å². The quantitative estimate of drug-likeness (QED) is 0.585. The number of carbonyl (C=O) groups excluding carboxylic acids is 2. The normalized spacial score (nSPS) is 24.8. The summed E-state index contributed by atoms with van der Waals surface area (Å²) in [4.78, 5) is 32.1. The van der Waals surface area contributed by atoms with Gasteiger partial charge in [-0.05, 0) is 36.1 Å². The Balaban J connectivity index is 1.33. The van der Waals surface area contributed by atoms with Gasteiger partial charge in [0.15, 0.2) is 0 Å². The Hall–Kier alpha value is -3.09. The van der Waals surface area contributed by atoms with Crippen LogP contribution in [0.25, 0.3) is 0 Å². The number of benzene rings is 3. The molecule has 2 amide bonds. The molecule has 2 atom stereocenters. The van der Waals surface area contributed by atoms with Crippen molar-refractivity contribution in [2.45, 2.75) is 17.2 Å². The Labute approximate surface area is 198 Å². The molecule has 6 rings (SSSR count). The van der Waals surface area contributed by atoms with Gasteiger partial charge in [-0.3, -0.25) is 24.3 Å². The van der Waals surface area contributed by atoms with Crippen molar-refractivity contribution < 1.29 is 9.59 Å². The van der Waals surface area contributed by atoms with Gasteiger partial charge >= 0.3 is 0 Å². The van der Waals surface area contributed by atoms with Crippen molar-refractivity contribution in [3.05, 3.63) is 96.1 Å². The molecule has 3 aromatic rings. The molecule has 0 aromatic heterocycles. The number of hydrogen-bond donors (Lipinski definition) is 0. The summed E-state index contributed by atoms with van der Waals surface area (Å²) >= 11 is 1.44. The van der Waals surface area contributed by atoms with Crippen LogP contribution in [0.4, 0.5) is 11.4 Å². The number of fused-ring (bicyclic) bond motifs is 2. The number of likely N-dealkylation sites (tertiary alicyclic amines) is 1. The first-order chi connectivity index (χ1) is 16.2. The number of para-hydroxylation sites is 2. The van der Waals surface area contributed by atoms with Gasteiger partial charge < -0.3 is 0 Å². The summed E-state index contributed by atoms with van der Waals surface area (Å²) in [5.41, 5.74) is 3.95. The third-order valence-corrected chi connectivity index (χ3v) is 8.35. The fourth-order valence-electron chi connectivity index (χ4n) is 5.43. The Bertz CT molecular complexity index is 1200. The van der Waals surface area contributed by atoms with E-state index in [4.69, 9.17) is 0 Å². The summed E-state index contributed by atoms with van der Waals surface area (Å²) in [5, 5.41) is 0. The SMILES string of the molecule is O=C1CS[C@@]2(C(=O)N(CN3CC[C@@H](c4ccccc4)C3)c3ccccc32)N1c1ccccc1. The minimum atomic E-state index is -1.03. The van der Waals surface area contributed by atoms with E-state index in [2.05, 4.69) is 35.2 Å². The molecule has 6 heteroatoms. The summed E-state index contributed by atoms with van der Waals surface area (Å²) in [6.07, 6.45) is 1.09. The third-order valence-electron chi connectivity index (χ3n) is 6.96. The molecule has 3 aromatic carbocycles. The molecule has 0 bridgehead atoms. The molecular weight excluding hydrogens is 430 g/mol. The smallest absolute Gasteiger partial charge is 0.269 e. The molecule has 0 aliphatic carbocycles. The lowest BCUT2D eigenvalue weighted by Crippen LogP contribution is -2.51. The van der Waals surface area contributed by atoms with E-state index in [9.17, 15) is 9.59 Å². The van der Waals surface area contributed by atoms with Crippen molar-refractivity contribution in [3.8, 4) is 0 Å². The number of hydrogen-bond acceptors (Lipinski definition) is 4. The molecule has 2 saturated heterocycles. The van der Waals surface area contributed by atoms with Gasteiger partial charge in [-0.2, -0.15) is 0 Å². The highest BCUT2D eigenvalue weighted by atomic mass is 32.2. The first-order valence-corrected chi connectivity index (χ1v) is 12.4. The van der Waals surface area contributed by atoms with E-state index < -0.39 is 4.87 Å². The van der Waals surface area contributed by atoms with E-state index in [-0.39, 0.29) is 11.8 Å². The largest absolute Gasteiger partial charge is 0.295 e. The van der Waals surface area contributed by atoms with E-state index in [1.807, 2.05) is 59.5 Å². The van der Waals surface area contributed by atoms with Crippen LogP contribution in [-0.2, 0) is 14.5 Å². The van der Waals surface area contributed by atoms with Crippen LogP contribution in [0.15, 0.2) is 84.9 Å². The predicted octanol–water partition coefficient (Wildman–Crippen LogP) is 4.41. The lowest BCUT2D eigenvalue weighted by atomic mass is 9.99. The molecule has 0 unspecified atom stereocenters. The molecule has 5 nitrogen and oxygen atoms in total.